The van der Waals surface area contributed by atoms with Crippen LogP contribution in [-0.2, 0) is 4.74 Å². The molecule has 0 saturated heterocycles. The van der Waals surface area contributed by atoms with Crippen molar-refractivity contribution in [3.63, 3.8) is 0 Å². The topological polar surface area (TPSA) is 66.2 Å². The summed E-state index contributed by atoms with van der Waals surface area (Å²) in [6.45, 7) is 1.98. The van der Waals surface area contributed by atoms with Gasteiger partial charge in [0.05, 0.1) is 23.5 Å². The molecule has 0 spiro atoms. The first-order chi connectivity index (χ1) is 12.1. The van der Waals surface area contributed by atoms with E-state index in [-0.39, 0.29) is 18.1 Å². The highest BCUT2D eigenvalue weighted by Gasteiger charge is 2.12. The van der Waals surface area contributed by atoms with Crippen molar-refractivity contribution in [1.29, 1.82) is 0 Å². The molecule has 0 aliphatic carbocycles. The lowest BCUT2D eigenvalue weighted by Gasteiger charge is -2.08. The molecular formula is C17H13ClFN3O3. The summed E-state index contributed by atoms with van der Waals surface area (Å²) in [7, 11) is 0. The normalized spacial score (nSPS) is 10.5. The molecule has 0 atom stereocenters. The third-order valence-corrected chi connectivity index (χ3v) is 3.51. The molecule has 0 unspecified atom stereocenters. The molecule has 8 heteroatoms. The van der Waals surface area contributed by atoms with Gasteiger partial charge in [0.15, 0.2) is 5.69 Å². The van der Waals surface area contributed by atoms with Gasteiger partial charge in [0.2, 0.25) is 0 Å². The first kappa shape index (κ1) is 16.9. The van der Waals surface area contributed by atoms with Crippen molar-refractivity contribution < 1.29 is 18.7 Å². The molecule has 0 fully saturated rings. The quantitative estimate of drug-likeness (QED) is 0.642. The van der Waals surface area contributed by atoms with Crippen LogP contribution < -0.4 is 4.74 Å². The Bertz CT molecular complexity index is 896. The molecule has 0 aliphatic heterocycles. The van der Waals surface area contributed by atoms with Crippen LogP contribution >= 0.6 is 11.6 Å². The number of esters is 1. The predicted octanol–water partition coefficient (Wildman–Crippen LogP) is 4.03. The van der Waals surface area contributed by atoms with E-state index >= 15 is 0 Å². The summed E-state index contributed by atoms with van der Waals surface area (Å²) in [6, 6.07) is 10.7. The SMILES string of the molecule is CCOC(=O)c1cn(-c2ccc(Oc3cc(F)ccc3Cl)cc2)nn1. The standard InChI is InChI=1S/C17H13ClFN3O3/c1-2-24-17(23)15-10-22(21-20-15)12-4-6-13(7-5-12)25-16-9-11(19)3-8-14(16)18/h3-10H,2H2,1H3. The van der Waals surface area contributed by atoms with Gasteiger partial charge < -0.3 is 9.47 Å². The Morgan fingerprint density at radius 2 is 2.00 bits per heavy atom. The number of nitrogens with zero attached hydrogens (tertiary/aromatic N) is 3. The fourth-order valence-corrected chi connectivity index (χ4v) is 2.19. The summed E-state index contributed by atoms with van der Waals surface area (Å²) in [4.78, 5) is 11.6. The summed E-state index contributed by atoms with van der Waals surface area (Å²) in [6.07, 6.45) is 1.47. The maximum atomic E-state index is 13.3. The number of carbonyl (C=O) groups excluding carboxylic acids is 1. The van der Waals surface area contributed by atoms with Crippen molar-refractivity contribution in [2.45, 2.75) is 6.92 Å². The largest absolute Gasteiger partial charge is 0.461 e. The van der Waals surface area contributed by atoms with Crippen LogP contribution in [-0.4, -0.2) is 27.6 Å². The maximum Gasteiger partial charge on any atom is 0.360 e. The molecule has 6 nitrogen and oxygen atoms in total. The zero-order chi connectivity index (χ0) is 17.8. The van der Waals surface area contributed by atoms with Gasteiger partial charge >= 0.3 is 5.97 Å². The van der Waals surface area contributed by atoms with Gasteiger partial charge in [0.1, 0.15) is 17.3 Å². The second-order valence-corrected chi connectivity index (χ2v) is 5.35. The number of aromatic nitrogens is 3. The van der Waals surface area contributed by atoms with Crippen molar-refractivity contribution in [3.8, 4) is 17.2 Å². The highest BCUT2D eigenvalue weighted by Crippen LogP contribution is 2.30. The fraction of sp³-hybridized carbons (Fsp3) is 0.118. The average Bonchev–Trinajstić information content (AvgIpc) is 3.09. The Balaban J connectivity index is 1.76. The molecule has 0 saturated carbocycles. The summed E-state index contributed by atoms with van der Waals surface area (Å²) < 4.78 is 25.1. The van der Waals surface area contributed by atoms with Crippen molar-refractivity contribution in [2.75, 3.05) is 6.61 Å². The van der Waals surface area contributed by atoms with E-state index in [0.717, 1.165) is 0 Å². The van der Waals surface area contributed by atoms with Crippen molar-refractivity contribution in [1.82, 2.24) is 15.0 Å². The molecule has 3 aromatic rings. The maximum absolute atomic E-state index is 13.3. The number of hydrogen-bond acceptors (Lipinski definition) is 5. The van der Waals surface area contributed by atoms with Gasteiger partial charge in [-0.1, -0.05) is 16.8 Å². The van der Waals surface area contributed by atoms with Crippen LogP contribution in [0, 0.1) is 5.82 Å². The number of benzene rings is 2. The number of carbonyl (C=O) groups is 1. The molecule has 0 radical (unpaired) electrons. The Hall–Kier alpha value is -2.93. The van der Waals surface area contributed by atoms with E-state index in [1.807, 2.05) is 0 Å². The molecule has 2 aromatic carbocycles. The minimum absolute atomic E-state index is 0.119. The van der Waals surface area contributed by atoms with Gasteiger partial charge in [-0.25, -0.2) is 13.9 Å². The minimum atomic E-state index is -0.533. The fourth-order valence-electron chi connectivity index (χ4n) is 2.04. The van der Waals surface area contributed by atoms with Gasteiger partial charge in [0, 0.05) is 6.07 Å². The van der Waals surface area contributed by atoms with E-state index in [9.17, 15) is 9.18 Å². The molecule has 0 amide bonds. The predicted molar refractivity (Wildman–Crippen MR) is 88.8 cm³/mol. The van der Waals surface area contributed by atoms with Crippen LogP contribution in [0.15, 0.2) is 48.7 Å². The number of halogens is 2. The number of rotatable bonds is 5. The van der Waals surface area contributed by atoms with Crippen LogP contribution in [0.4, 0.5) is 4.39 Å². The smallest absolute Gasteiger partial charge is 0.360 e. The Labute approximate surface area is 147 Å². The minimum Gasteiger partial charge on any atom is -0.461 e. The Morgan fingerprint density at radius 1 is 1.24 bits per heavy atom. The summed E-state index contributed by atoms with van der Waals surface area (Å²) in [5.74, 6) is -0.277. The monoisotopic (exact) mass is 361 g/mol. The summed E-state index contributed by atoms with van der Waals surface area (Å²) >= 11 is 5.97. The molecule has 3 rings (SSSR count). The first-order valence-corrected chi connectivity index (χ1v) is 7.77. The third-order valence-electron chi connectivity index (χ3n) is 3.20. The zero-order valence-electron chi connectivity index (χ0n) is 13.1. The lowest BCUT2D eigenvalue weighted by Crippen LogP contribution is -2.04. The number of ether oxygens (including phenoxy) is 2. The lowest BCUT2D eigenvalue weighted by atomic mass is 10.3. The van der Waals surface area contributed by atoms with E-state index in [2.05, 4.69) is 10.3 Å². The molecule has 128 valence electrons. The van der Waals surface area contributed by atoms with E-state index in [0.29, 0.717) is 16.5 Å². The lowest BCUT2D eigenvalue weighted by molar-refractivity contribution is 0.0519. The van der Waals surface area contributed by atoms with Gasteiger partial charge in [-0.2, -0.15) is 0 Å². The molecule has 0 bridgehead atoms. The van der Waals surface area contributed by atoms with Gasteiger partial charge in [-0.3, -0.25) is 0 Å². The molecule has 1 aromatic heterocycles. The Morgan fingerprint density at radius 3 is 2.72 bits per heavy atom. The zero-order valence-corrected chi connectivity index (χ0v) is 13.9. The van der Waals surface area contributed by atoms with E-state index in [4.69, 9.17) is 21.1 Å². The van der Waals surface area contributed by atoms with Crippen molar-refractivity contribution in [2.24, 2.45) is 0 Å². The molecule has 25 heavy (non-hydrogen) atoms. The van der Waals surface area contributed by atoms with Crippen LogP contribution in [0.25, 0.3) is 5.69 Å². The van der Waals surface area contributed by atoms with Crippen molar-refractivity contribution >= 4 is 17.6 Å². The second-order valence-electron chi connectivity index (χ2n) is 4.94. The van der Waals surface area contributed by atoms with Crippen LogP contribution in [0.5, 0.6) is 11.5 Å². The molecule has 0 aliphatic rings. The van der Waals surface area contributed by atoms with E-state index in [1.54, 1.807) is 31.2 Å². The third kappa shape index (κ3) is 3.95. The highest BCUT2D eigenvalue weighted by atomic mass is 35.5. The molecule has 1 heterocycles. The average molecular weight is 362 g/mol. The van der Waals surface area contributed by atoms with E-state index < -0.39 is 11.8 Å². The van der Waals surface area contributed by atoms with Gasteiger partial charge in [-0.15, -0.1) is 5.10 Å². The van der Waals surface area contributed by atoms with Gasteiger partial charge in [-0.05, 0) is 43.3 Å². The van der Waals surface area contributed by atoms with Crippen LogP contribution in [0.1, 0.15) is 17.4 Å². The Kier molecular flexibility index (Phi) is 4.95. The highest BCUT2D eigenvalue weighted by molar-refractivity contribution is 6.32. The number of hydrogen-bond donors (Lipinski definition) is 0. The van der Waals surface area contributed by atoms with Crippen LogP contribution in [0.3, 0.4) is 0 Å². The second kappa shape index (κ2) is 7.31. The summed E-state index contributed by atoms with van der Waals surface area (Å²) in [5, 5.41) is 7.96. The van der Waals surface area contributed by atoms with E-state index in [1.165, 1.54) is 29.1 Å². The van der Waals surface area contributed by atoms with Crippen LogP contribution in [0.2, 0.25) is 5.02 Å². The first-order valence-electron chi connectivity index (χ1n) is 7.39. The molecule has 0 N–H and O–H groups in total. The molecular weight excluding hydrogens is 349 g/mol. The summed E-state index contributed by atoms with van der Waals surface area (Å²) in [5.41, 5.74) is 0.787. The van der Waals surface area contributed by atoms with Crippen molar-refractivity contribution in [3.05, 3.63) is 65.2 Å². The van der Waals surface area contributed by atoms with Gasteiger partial charge in [0.25, 0.3) is 0 Å².